The average molecular weight is 189 g/mol. The van der Waals surface area contributed by atoms with E-state index in [0.717, 1.165) is 12.3 Å². The molecule has 2 unspecified atom stereocenters. The van der Waals surface area contributed by atoms with E-state index < -0.39 is 0 Å². The molecule has 0 N–H and O–H groups in total. The Morgan fingerprint density at radius 1 is 1.58 bits per heavy atom. The topological polar surface area (TPSA) is 0 Å². The molecule has 72 valence electrons. The van der Waals surface area contributed by atoms with Crippen molar-refractivity contribution >= 4 is 11.6 Å². The summed E-state index contributed by atoms with van der Waals surface area (Å²) in [5, 5.41) is 0. The van der Waals surface area contributed by atoms with E-state index in [-0.39, 0.29) is 5.41 Å². The predicted molar refractivity (Wildman–Crippen MR) is 57.7 cm³/mol. The third-order valence-electron chi connectivity index (χ3n) is 2.39. The van der Waals surface area contributed by atoms with Gasteiger partial charge in [-0.2, -0.15) is 0 Å². The Balaban J connectivity index is 3.92. The Morgan fingerprint density at radius 3 is 2.50 bits per heavy atom. The molecule has 0 aromatic carbocycles. The Morgan fingerprint density at radius 2 is 2.17 bits per heavy atom. The van der Waals surface area contributed by atoms with Gasteiger partial charge in [0, 0.05) is 5.88 Å². The molecule has 0 radical (unpaired) electrons. The molecule has 0 aromatic heterocycles. The fourth-order valence-electron chi connectivity index (χ4n) is 1.58. The lowest BCUT2D eigenvalue weighted by Crippen LogP contribution is -2.18. The van der Waals surface area contributed by atoms with Gasteiger partial charge in [0.05, 0.1) is 0 Å². The van der Waals surface area contributed by atoms with Crippen molar-refractivity contribution in [1.29, 1.82) is 0 Å². The first-order valence-electron chi connectivity index (χ1n) is 4.77. The number of halogens is 1. The summed E-state index contributed by atoms with van der Waals surface area (Å²) in [6, 6.07) is 0. The first-order chi connectivity index (χ1) is 5.58. The summed E-state index contributed by atoms with van der Waals surface area (Å²) in [5.74, 6) is 1.45. The van der Waals surface area contributed by atoms with Crippen molar-refractivity contribution < 1.29 is 0 Å². The van der Waals surface area contributed by atoms with Crippen LogP contribution in [0.5, 0.6) is 0 Å². The van der Waals surface area contributed by atoms with Gasteiger partial charge in [0.15, 0.2) is 0 Å². The van der Waals surface area contributed by atoms with Crippen LogP contribution in [0.15, 0.2) is 12.7 Å². The van der Waals surface area contributed by atoms with Gasteiger partial charge in [0.25, 0.3) is 0 Å². The van der Waals surface area contributed by atoms with E-state index in [0.29, 0.717) is 5.88 Å². The summed E-state index contributed by atoms with van der Waals surface area (Å²) >= 11 is 5.88. The molecule has 1 heteroatoms. The van der Waals surface area contributed by atoms with Gasteiger partial charge < -0.3 is 0 Å². The highest BCUT2D eigenvalue weighted by Gasteiger charge is 2.21. The zero-order chi connectivity index (χ0) is 9.61. The molecule has 0 aliphatic rings. The summed E-state index contributed by atoms with van der Waals surface area (Å²) in [7, 11) is 0. The molecule has 0 fully saturated rings. The van der Waals surface area contributed by atoms with Crippen LogP contribution in [0.25, 0.3) is 0 Å². The van der Waals surface area contributed by atoms with Crippen molar-refractivity contribution in [2.45, 2.75) is 40.0 Å². The molecule has 0 amide bonds. The number of allylic oxidation sites excluding steroid dienone is 1. The maximum Gasteiger partial charge on any atom is 0.0311 e. The fourth-order valence-corrected chi connectivity index (χ4v) is 1.80. The molecule has 2 atom stereocenters. The highest BCUT2D eigenvalue weighted by atomic mass is 35.5. The van der Waals surface area contributed by atoms with Gasteiger partial charge in [-0.25, -0.2) is 0 Å². The molecule has 0 aromatic rings. The quantitative estimate of drug-likeness (QED) is 0.432. The molecule has 0 aliphatic heterocycles. The van der Waals surface area contributed by atoms with Crippen molar-refractivity contribution in [2.75, 3.05) is 5.88 Å². The normalized spacial score (nSPS) is 18.3. The maximum absolute atomic E-state index is 5.88. The third kappa shape index (κ3) is 4.15. The summed E-state index contributed by atoms with van der Waals surface area (Å²) in [4.78, 5) is 0. The van der Waals surface area contributed by atoms with E-state index in [1.165, 1.54) is 12.8 Å². The molecule has 0 saturated carbocycles. The molecular weight excluding hydrogens is 168 g/mol. The minimum atomic E-state index is 0.135. The number of hydrogen-bond acceptors (Lipinski definition) is 0. The zero-order valence-corrected chi connectivity index (χ0v) is 9.32. The van der Waals surface area contributed by atoms with E-state index in [2.05, 4.69) is 27.4 Å². The zero-order valence-electron chi connectivity index (χ0n) is 8.57. The lowest BCUT2D eigenvalue weighted by atomic mass is 9.82. The molecule has 0 saturated heterocycles. The summed E-state index contributed by atoms with van der Waals surface area (Å²) in [6.45, 7) is 10.5. The van der Waals surface area contributed by atoms with Crippen LogP contribution < -0.4 is 0 Å². The minimum Gasteiger partial charge on any atom is -0.126 e. The first-order valence-corrected chi connectivity index (χ1v) is 5.31. The number of rotatable bonds is 6. The van der Waals surface area contributed by atoms with Crippen LogP contribution in [0.3, 0.4) is 0 Å². The van der Waals surface area contributed by atoms with Crippen LogP contribution in [0.2, 0.25) is 0 Å². The van der Waals surface area contributed by atoms with Gasteiger partial charge in [-0.1, -0.05) is 39.7 Å². The molecule has 0 nitrogen and oxygen atoms in total. The monoisotopic (exact) mass is 188 g/mol. The molecule has 0 spiro atoms. The Kier molecular flexibility index (Phi) is 5.65. The van der Waals surface area contributed by atoms with Crippen LogP contribution >= 0.6 is 11.6 Å². The van der Waals surface area contributed by atoms with Crippen molar-refractivity contribution in [3.8, 4) is 0 Å². The fraction of sp³-hybridized carbons (Fsp3) is 0.818. The SMILES string of the molecule is C=CC(C)(CCl)CC(C)CCC. The van der Waals surface area contributed by atoms with Crippen LogP contribution in [0.4, 0.5) is 0 Å². The van der Waals surface area contributed by atoms with Gasteiger partial charge in [-0.15, -0.1) is 18.2 Å². The van der Waals surface area contributed by atoms with Gasteiger partial charge in [0.1, 0.15) is 0 Å². The van der Waals surface area contributed by atoms with E-state index in [1.807, 2.05) is 6.08 Å². The third-order valence-corrected chi connectivity index (χ3v) is 3.00. The smallest absolute Gasteiger partial charge is 0.0311 e. The highest BCUT2D eigenvalue weighted by Crippen LogP contribution is 2.30. The van der Waals surface area contributed by atoms with Gasteiger partial charge in [-0.3, -0.25) is 0 Å². The highest BCUT2D eigenvalue weighted by molar-refractivity contribution is 6.18. The second kappa shape index (κ2) is 5.64. The van der Waals surface area contributed by atoms with E-state index in [4.69, 9.17) is 11.6 Å². The van der Waals surface area contributed by atoms with Gasteiger partial charge in [-0.05, 0) is 17.8 Å². The predicted octanol–water partition coefficient (Wildman–Crippen LogP) is 4.24. The summed E-state index contributed by atoms with van der Waals surface area (Å²) in [6.07, 6.45) is 5.71. The van der Waals surface area contributed by atoms with Crippen molar-refractivity contribution in [1.82, 2.24) is 0 Å². The van der Waals surface area contributed by atoms with Crippen LogP contribution in [-0.4, -0.2) is 5.88 Å². The van der Waals surface area contributed by atoms with Crippen LogP contribution in [0.1, 0.15) is 40.0 Å². The molecule has 12 heavy (non-hydrogen) atoms. The van der Waals surface area contributed by atoms with Gasteiger partial charge >= 0.3 is 0 Å². The maximum atomic E-state index is 5.88. The first kappa shape index (κ1) is 12.0. The number of hydrogen-bond donors (Lipinski definition) is 0. The van der Waals surface area contributed by atoms with E-state index in [1.54, 1.807) is 0 Å². The van der Waals surface area contributed by atoms with Crippen LogP contribution in [-0.2, 0) is 0 Å². The lowest BCUT2D eigenvalue weighted by Gasteiger charge is -2.26. The standard InChI is InChI=1S/C11H21Cl/c1-5-7-10(3)8-11(4,6-2)9-12/h6,10H,2,5,7-9H2,1,3-4H3. The average Bonchev–Trinajstić information content (AvgIpc) is 2.05. The minimum absolute atomic E-state index is 0.135. The second-order valence-corrected chi connectivity index (χ2v) is 4.36. The van der Waals surface area contributed by atoms with Crippen LogP contribution in [0, 0.1) is 11.3 Å². The molecule has 0 aliphatic carbocycles. The van der Waals surface area contributed by atoms with Gasteiger partial charge in [0.2, 0.25) is 0 Å². The molecule has 0 bridgehead atoms. The molecule has 0 rings (SSSR count). The Labute approximate surface area is 82.0 Å². The van der Waals surface area contributed by atoms with Crippen molar-refractivity contribution in [2.24, 2.45) is 11.3 Å². The van der Waals surface area contributed by atoms with Crippen molar-refractivity contribution in [3.63, 3.8) is 0 Å². The van der Waals surface area contributed by atoms with E-state index >= 15 is 0 Å². The summed E-state index contributed by atoms with van der Waals surface area (Å²) in [5.41, 5.74) is 0.135. The summed E-state index contributed by atoms with van der Waals surface area (Å²) < 4.78 is 0. The number of alkyl halides is 1. The second-order valence-electron chi connectivity index (χ2n) is 4.09. The van der Waals surface area contributed by atoms with E-state index in [9.17, 15) is 0 Å². The van der Waals surface area contributed by atoms with Crippen molar-refractivity contribution in [3.05, 3.63) is 12.7 Å². The molecular formula is C11H21Cl. The lowest BCUT2D eigenvalue weighted by molar-refractivity contribution is 0.338. The Hall–Kier alpha value is 0.0300. The Bertz CT molecular complexity index is 131. The molecule has 0 heterocycles. The largest absolute Gasteiger partial charge is 0.126 e.